The van der Waals surface area contributed by atoms with E-state index in [4.69, 9.17) is 9.47 Å². The molecule has 0 saturated heterocycles. The van der Waals surface area contributed by atoms with Gasteiger partial charge in [0, 0.05) is 11.4 Å². The van der Waals surface area contributed by atoms with Gasteiger partial charge in [0.25, 0.3) is 0 Å². The Balaban J connectivity index is 2.44. The standard InChI is InChI=1S/C18H21NO4S/c1-5-13-7-9-14(10-8-13)19-12(3)17(18(21)23-6-2)24-15(19)11-16(20)22-4/h7-11H,5-6H2,1-4H3/b15-11+. The number of methoxy groups -OCH3 is 1. The first kappa shape index (κ1) is 18.1. The number of allylic oxidation sites excluding steroid dienone is 1. The minimum absolute atomic E-state index is 0.303. The molecule has 0 atom stereocenters. The molecule has 5 nitrogen and oxygen atoms in total. The van der Waals surface area contributed by atoms with E-state index in [1.807, 2.05) is 36.1 Å². The number of hydrogen-bond acceptors (Lipinski definition) is 6. The zero-order chi connectivity index (χ0) is 17.7. The molecule has 0 bridgehead atoms. The normalized spacial score (nSPS) is 15.8. The van der Waals surface area contributed by atoms with Crippen LogP contribution in [0.4, 0.5) is 5.69 Å². The Morgan fingerprint density at radius 2 is 1.88 bits per heavy atom. The van der Waals surface area contributed by atoms with E-state index >= 15 is 0 Å². The quantitative estimate of drug-likeness (QED) is 0.599. The summed E-state index contributed by atoms with van der Waals surface area (Å²) in [6.45, 7) is 6.00. The number of esters is 2. The molecule has 2 rings (SSSR count). The van der Waals surface area contributed by atoms with E-state index < -0.39 is 5.97 Å². The van der Waals surface area contributed by atoms with Crippen LogP contribution in [-0.4, -0.2) is 25.7 Å². The Labute approximate surface area is 146 Å². The van der Waals surface area contributed by atoms with Crippen LogP contribution in [0.5, 0.6) is 0 Å². The van der Waals surface area contributed by atoms with Crippen LogP contribution in [-0.2, 0) is 25.5 Å². The van der Waals surface area contributed by atoms with Gasteiger partial charge in [-0.15, -0.1) is 0 Å². The highest BCUT2D eigenvalue weighted by Gasteiger charge is 2.32. The number of anilines is 1. The first-order valence-electron chi connectivity index (χ1n) is 7.76. The summed E-state index contributed by atoms with van der Waals surface area (Å²) in [4.78, 5) is 26.2. The molecule has 0 fully saturated rings. The van der Waals surface area contributed by atoms with Gasteiger partial charge in [0.05, 0.1) is 24.8 Å². The third-order valence-corrected chi connectivity index (χ3v) is 4.77. The van der Waals surface area contributed by atoms with Crippen molar-refractivity contribution >= 4 is 29.4 Å². The number of benzene rings is 1. The Hall–Kier alpha value is -2.21. The lowest BCUT2D eigenvalue weighted by Crippen LogP contribution is -2.16. The monoisotopic (exact) mass is 347 g/mol. The largest absolute Gasteiger partial charge is 0.466 e. The van der Waals surface area contributed by atoms with Crippen molar-refractivity contribution in [3.63, 3.8) is 0 Å². The highest BCUT2D eigenvalue weighted by Crippen LogP contribution is 2.44. The van der Waals surface area contributed by atoms with Crippen LogP contribution in [0.2, 0.25) is 0 Å². The van der Waals surface area contributed by atoms with Crippen molar-refractivity contribution < 1.29 is 19.1 Å². The number of carbonyl (C=O) groups is 2. The highest BCUT2D eigenvalue weighted by molar-refractivity contribution is 8.08. The number of rotatable bonds is 5. The second kappa shape index (κ2) is 8.06. The van der Waals surface area contributed by atoms with Gasteiger partial charge in [-0.2, -0.15) is 0 Å². The molecule has 1 aromatic rings. The number of ether oxygens (including phenoxy) is 2. The van der Waals surface area contributed by atoms with Crippen molar-refractivity contribution in [2.75, 3.05) is 18.6 Å². The van der Waals surface area contributed by atoms with Crippen LogP contribution < -0.4 is 4.90 Å². The molecule has 24 heavy (non-hydrogen) atoms. The van der Waals surface area contributed by atoms with E-state index in [0.717, 1.165) is 17.8 Å². The van der Waals surface area contributed by atoms with Crippen molar-refractivity contribution in [1.82, 2.24) is 0 Å². The molecule has 1 heterocycles. The fourth-order valence-electron chi connectivity index (χ4n) is 2.33. The molecular formula is C18H21NO4S. The average molecular weight is 347 g/mol. The van der Waals surface area contributed by atoms with Crippen molar-refractivity contribution in [2.45, 2.75) is 27.2 Å². The second-order valence-corrected chi connectivity index (χ2v) is 6.13. The highest BCUT2D eigenvalue weighted by atomic mass is 32.2. The zero-order valence-corrected chi connectivity index (χ0v) is 15.1. The molecule has 0 N–H and O–H groups in total. The van der Waals surface area contributed by atoms with E-state index in [-0.39, 0.29) is 5.97 Å². The topological polar surface area (TPSA) is 55.8 Å². The SMILES string of the molecule is CCOC(=O)C1=C(C)N(c2ccc(CC)cc2)/C(=C\C(=O)OC)S1. The van der Waals surface area contributed by atoms with Gasteiger partial charge in [-0.05, 0) is 38.0 Å². The van der Waals surface area contributed by atoms with E-state index in [2.05, 4.69) is 6.92 Å². The van der Waals surface area contributed by atoms with E-state index in [1.165, 1.54) is 30.5 Å². The molecule has 0 saturated carbocycles. The predicted octanol–water partition coefficient (Wildman–Crippen LogP) is 3.61. The molecule has 128 valence electrons. The Morgan fingerprint density at radius 1 is 1.21 bits per heavy atom. The first-order chi connectivity index (χ1) is 11.5. The van der Waals surface area contributed by atoms with Gasteiger partial charge in [-0.25, -0.2) is 9.59 Å². The molecule has 0 spiro atoms. The molecular weight excluding hydrogens is 326 g/mol. The van der Waals surface area contributed by atoms with Gasteiger partial charge in [0.15, 0.2) is 0 Å². The maximum absolute atomic E-state index is 12.2. The Bertz CT molecular complexity index is 691. The lowest BCUT2D eigenvalue weighted by atomic mass is 10.1. The van der Waals surface area contributed by atoms with E-state index in [9.17, 15) is 9.59 Å². The molecule has 0 amide bonds. The summed E-state index contributed by atoms with van der Waals surface area (Å²) in [5, 5.41) is 0.617. The van der Waals surface area contributed by atoms with Crippen LogP contribution in [0.15, 0.2) is 46.0 Å². The molecule has 0 aliphatic carbocycles. The second-order valence-electron chi connectivity index (χ2n) is 5.10. The van der Waals surface area contributed by atoms with Gasteiger partial charge in [-0.1, -0.05) is 30.8 Å². The fraction of sp³-hybridized carbons (Fsp3) is 0.333. The number of aryl methyl sites for hydroxylation is 1. The summed E-state index contributed by atoms with van der Waals surface area (Å²) < 4.78 is 9.83. The summed E-state index contributed by atoms with van der Waals surface area (Å²) in [5.41, 5.74) is 2.83. The summed E-state index contributed by atoms with van der Waals surface area (Å²) in [6.07, 6.45) is 2.33. The van der Waals surface area contributed by atoms with Gasteiger partial charge in [0.1, 0.15) is 4.91 Å². The average Bonchev–Trinajstić information content (AvgIpc) is 2.91. The maximum Gasteiger partial charge on any atom is 0.346 e. The lowest BCUT2D eigenvalue weighted by molar-refractivity contribution is -0.137. The minimum atomic E-state index is -0.467. The van der Waals surface area contributed by atoms with Crippen LogP contribution in [0.1, 0.15) is 26.3 Å². The first-order valence-corrected chi connectivity index (χ1v) is 8.58. The lowest BCUT2D eigenvalue weighted by Gasteiger charge is -2.21. The van der Waals surface area contributed by atoms with Crippen molar-refractivity contribution in [3.05, 3.63) is 51.5 Å². The van der Waals surface area contributed by atoms with Gasteiger partial charge in [-0.3, -0.25) is 0 Å². The van der Waals surface area contributed by atoms with E-state index in [0.29, 0.717) is 16.5 Å². The summed E-state index contributed by atoms with van der Waals surface area (Å²) in [7, 11) is 1.33. The van der Waals surface area contributed by atoms with Crippen molar-refractivity contribution in [3.8, 4) is 0 Å². The van der Waals surface area contributed by atoms with Crippen LogP contribution >= 0.6 is 11.8 Å². The van der Waals surface area contributed by atoms with Gasteiger partial charge < -0.3 is 14.4 Å². The molecule has 0 aromatic heterocycles. The molecule has 0 unspecified atom stereocenters. The number of thioether (sulfide) groups is 1. The minimum Gasteiger partial charge on any atom is -0.466 e. The maximum atomic E-state index is 12.2. The molecule has 6 heteroatoms. The fourth-order valence-corrected chi connectivity index (χ4v) is 3.41. The third kappa shape index (κ3) is 3.82. The third-order valence-electron chi connectivity index (χ3n) is 3.60. The Morgan fingerprint density at radius 3 is 2.42 bits per heavy atom. The van der Waals surface area contributed by atoms with Gasteiger partial charge >= 0.3 is 11.9 Å². The van der Waals surface area contributed by atoms with Crippen LogP contribution in [0.25, 0.3) is 0 Å². The van der Waals surface area contributed by atoms with Gasteiger partial charge in [0.2, 0.25) is 0 Å². The summed E-state index contributed by atoms with van der Waals surface area (Å²) in [6, 6.07) is 8.01. The van der Waals surface area contributed by atoms with Crippen molar-refractivity contribution in [2.24, 2.45) is 0 Å². The zero-order valence-electron chi connectivity index (χ0n) is 14.3. The number of hydrogen-bond donors (Lipinski definition) is 0. The van der Waals surface area contributed by atoms with Crippen LogP contribution in [0.3, 0.4) is 0 Å². The summed E-state index contributed by atoms with van der Waals surface area (Å²) in [5.74, 6) is -0.853. The molecule has 1 aliphatic rings. The van der Waals surface area contributed by atoms with Crippen LogP contribution in [0, 0.1) is 0 Å². The predicted molar refractivity (Wildman–Crippen MR) is 95.3 cm³/mol. The smallest absolute Gasteiger partial charge is 0.346 e. The van der Waals surface area contributed by atoms with Crippen molar-refractivity contribution in [1.29, 1.82) is 0 Å². The number of carbonyl (C=O) groups excluding carboxylic acids is 2. The summed E-state index contributed by atoms with van der Waals surface area (Å²) >= 11 is 1.21. The molecule has 0 radical (unpaired) electrons. The van der Waals surface area contributed by atoms with E-state index in [1.54, 1.807) is 6.92 Å². The Kier molecular flexibility index (Phi) is 6.09. The number of nitrogens with zero attached hydrogens (tertiary/aromatic N) is 1. The molecule has 1 aliphatic heterocycles. The molecule has 1 aromatic carbocycles.